The monoisotopic (exact) mass is 274 g/mol. The van der Waals surface area contributed by atoms with E-state index < -0.39 is 5.97 Å². The summed E-state index contributed by atoms with van der Waals surface area (Å²) in [7, 11) is 1.78. The van der Waals surface area contributed by atoms with Crippen molar-refractivity contribution >= 4 is 11.9 Å². The fourth-order valence-electron chi connectivity index (χ4n) is 1.75. The Bertz CT molecular complexity index is 663. The molecule has 0 atom stereocenters. The number of aromatic nitrogens is 3. The standard InChI is InChI=1S/C13H14N4O3/c1-8-10(13(19)20)3-4-11(16-8)12(18)14-7-9-5-6-15-17(9)2/h3-6H,7H2,1-2H3,(H,14,18)(H,19,20). The van der Waals surface area contributed by atoms with Crippen molar-refractivity contribution in [2.24, 2.45) is 7.05 Å². The van der Waals surface area contributed by atoms with Crippen molar-refractivity contribution < 1.29 is 14.7 Å². The van der Waals surface area contributed by atoms with Crippen LogP contribution in [0.2, 0.25) is 0 Å². The molecule has 0 aromatic carbocycles. The molecule has 0 unspecified atom stereocenters. The van der Waals surface area contributed by atoms with Gasteiger partial charge in [0, 0.05) is 13.2 Å². The Morgan fingerprint density at radius 2 is 2.10 bits per heavy atom. The number of hydrogen-bond donors (Lipinski definition) is 2. The topological polar surface area (TPSA) is 97.1 Å². The molecule has 1 amide bonds. The third kappa shape index (κ3) is 2.82. The summed E-state index contributed by atoms with van der Waals surface area (Å²) < 4.78 is 1.66. The highest BCUT2D eigenvalue weighted by molar-refractivity contribution is 5.94. The van der Waals surface area contributed by atoms with Gasteiger partial charge >= 0.3 is 5.97 Å². The molecule has 2 aromatic heterocycles. The van der Waals surface area contributed by atoms with E-state index in [1.807, 2.05) is 0 Å². The molecule has 0 aliphatic heterocycles. The van der Waals surface area contributed by atoms with Gasteiger partial charge in [0.2, 0.25) is 0 Å². The molecule has 0 radical (unpaired) electrons. The lowest BCUT2D eigenvalue weighted by Crippen LogP contribution is -2.25. The number of carboxylic acids is 1. The number of carbonyl (C=O) groups is 2. The number of carboxylic acid groups (broad SMARTS) is 1. The van der Waals surface area contributed by atoms with Crippen molar-refractivity contribution in [3.63, 3.8) is 0 Å². The van der Waals surface area contributed by atoms with E-state index in [0.29, 0.717) is 12.2 Å². The first-order chi connectivity index (χ1) is 9.49. The van der Waals surface area contributed by atoms with Gasteiger partial charge in [0.05, 0.1) is 23.5 Å². The Kier molecular flexibility index (Phi) is 3.79. The molecular formula is C13H14N4O3. The van der Waals surface area contributed by atoms with Crippen molar-refractivity contribution in [2.45, 2.75) is 13.5 Å². The van der Waals surface area contributed by atoms with Crippen molar-refractivity contribution in [1.29, 1.82) is 0 Å². The number of amides is 1. The van der Waals surface area contributed by atoms with Crippen LogP contribution in [0.3, 0.4) is 0 Å². The molecular weight excluding hydrogens is 260 g/mol. The Labute approximate surface area is 115 Å². The van der Waals surface area contributed by atoms with Crippen LogP contribution in [0.4, 0.5) is 0 Å². The van der Waals surface area contributed by atoms with Crippen LogP contribution in [0, 0.1) is 6.92 Å². The maximum absolute atomic E-state index is 11.9. The van der Waals surface area contributed by atoms with Crippen molar-refractivity contribution in [2.75, 3.05) is 0 Å². The molecule has 0 saturated heterocycles. The van der Waals surface area contributed by atoms with Crippen LogP contribution in [0.1, 0.15) is 32.2 Å². The predicted molar refractivity (Wildman–Crippen MR) is 70.3 cm³/mol. The molecule has 0 aliphatic carbocycles. The molecule has 0 bridgehead atoms. The lowest BCUT2D eigenvalue weighted by molar-refractivity contribution is 0.0694. The SMILES string of the molecule is Cc1nc(C(=O)NCc2ccnn2C)ccc1C(=O)O. The van der Waals surface area contributed by atoms with E-state index in [0.717, 1.165) is 5.69 Å². The Morgan fingerprint density at radius 1 is 1.35 bits per heavy atom. The fourth-order valence-corrected chi connectivity index (χ4v) is 1.75. The van der Waals surface area contributed by atoms with Gasteiger partial charge in [-0.25, -0.2) is 9.78 Å². The summed E-state index contributed by atoms with van der Waals surface area (Å²) in [6.07, 6.45) is 1.64. The first kappa shape index (κ1) is 13.7. The van der Waals surface area contributed by atoms with Gasteiger partial charge < -0.3 is 10.4 Å². The number of aryl methyl sites for hydroxylation is 2. The van der Waals surface area contributed by atoms with Crippen LogP contribution in [-0.4, -0.2) is 31.7 Å². The molecule has 7 heteroatoms. The van der Waals surface area contributed by atoms with Crippen LogP contribution in [-0.2, 0) is 13.6 Å². The van der Waals surface area contributed by atoms with E-state index in [2.05, 4.69) is 15.4 Å². The van der Waals surface area contributed by atoms with Crippen LogP contribution >= 0.6 is 0 Å². The van der Waals surface area contributed by atoms with Gasteiger partial charge in [0.25, 0.3) is 5.91 Å². The van der Waals surface area contributed by atoms with Gasteiger partial charge in [0.15, 0.2) is 0 Å². The van der Waals surface area contributed by atoms with E-state index in [-0.39, 0.29) is 17.2 Å². The number of nitrogens with one attached hydrogen (secondary N) is 1. The Hall–Kier alpha value is -2.70. The van der Waals surface area contributed by atoms with Crippen LogP contribution < -0.4 is 5.32 Å². The first-order valence-corrected chi connectivity index (χ1v) is 5.95. The number of nitrogens with zero attached hydrogens (tertiary/aromatic N) is 3. The van der Waals surface area contributed by atoms with E-state index in [9.17, 15) is 9.59 Å². The molecule has 2 heterocycles. The van der Waals surface area contributed by atoms with Crippen LogP contribution in [0.15, 0.2) is 24.4 Å². The highest BCUT2D eigenvalue weighted by atomic mass is 16.4. The second kappa shape index (κ2) is 5.52. The summed E-state index contributed by atoms with van der Waals surface area (Å²) >= 11 is 0. The average molecular weight is 274 g/mol. The minimum Gasteiger partial charge on any atom is -0.478 e. The normalized spacial score (nSPS) is 10.3. The summed E-state index contributed by atoms with van der Waals surface area (Å²) in [5.74, 6) is -1.41. The third-order valence-electron chi connectivity index (χ3n) is 2.90. The molecule has 20 heavy (non-hydrogen) atoms. The molecule has 0 fully saturated rings. The van der Waals surface area contributed by atoms with Crippen molar-refractivity contribution in [3.05, 3.63) is 47.0 Å². The number of rotatable bonds is 4. The fraction of sp³-hybridized carbons (Fsp3) is 0.231. The van der Waals surface area contributed by atoms with Crippen LogP contribution in [0.25, 0.3) is 0 Å². The first-order valence-electron chi connectivity index (χ1n) is 5.95. The number of pyridine rings is 1. The summed E-state index contributed by atoms with van der Waals surface area (Å²) in [5.41, 5.74) is 1.45. The zero-order valence-electron chi connectivity index (χ0n) is 11.1. The van der Waals surface area contributed by atoms with E-state index >= 15 is 0 Å². The molecule has 7 nitrogen and oxygen atoms in total. The van der Waals surface area contributed by atoms with Gasteiger partial charge in [-0.1, -0.05) is 0 Å². The largest absolute Gasteiger partial charge is 0.478 e. The van der Waals surface area contributed by atoms with Gasteiger partial charge in [-0.05, 0) is 25.1 Å². The quantitative estimate of drug-likeness (QED) is 0.857. The van der Waals surface area contributed by atoms with Gasteiger partial charge in [0.1, 0.15) is 5.69 Å². The Balaban J connectivity index is 2.08. The number of aromatic carboxylic acids is 1. The molecule has 0 aliphatic rings. The maximum Gasteiger partial charge on any atom is 0.337 e. The molecule has 2 N–H and O–H groups in total. The molecule has 0 spiro atoms. The second-order valence-electron chi connectivity index (χ2n) is 4.26. The lowest BCUT2D eigenvalue weighted by Gasteiger charge is -2.06. The molecule has 2 rings (SSSR count). The van der Waals surface area contributed by atoms with Crippen molar-refractivity contribution in [1.82, 2.24) is 20.1 Å². The highest BCUT2D eigenvalue weighted by Crippen LogP contribution is 2.07. The van der Waals surface area contributed by atoms with Crippen LogP contribution in [0.5, 0.6) is 0 Å². The smallest absolute Gasteiger partial charge is 0.337 e. The predicted octanol–water partition coefficient (Wildman–Crippen LogP) is 0.752. The summed E-state index contributed by atoms with van der Waals surface area (Å²) in [6.45, 7) is 1.89. The second-order valence-corrected chi connectivity index (χ2v) is 4.26. The van der Waals surface area contributed by atoms with E-state index in [1.165, 1.54) is 12.1 Å². The van der Waals surface area contributed by atoms with Gasteiger partial charge in [-0.15, -0.1) is 0 Å². The minimum atomic E-state index is -1.06. The third-order valence-corrected chi connectivity index (χ3v) is 2.90. The minimum absolute atomic E-state index is 0.0909. The number of carbonyl (C=O) groups excluding carboxylic acids is 1. The Morgan fingerprint density at radius 3 is 2.65 bits per heavy atom. The zero-order chi connectivity index (χ0) is 14.7. The summed E-state index contributed by atoms with van der Waals surface area (Å²) in [5, 5.41) is 15.6. The van der Waals surface area contributed by atoms with Crippen molar-refractivity contribution in [3.8, 4) is 0 Å². The summed E-state index contributed by atoms with van der Waals surface area (Å²) in [4.78, 5) is 26.8. The van der Waals surface area contributed by atoms with Gasteiger partial charge in [-0.3, -0.25) is 9.48 Å². The molecule has 0 saturated carbocycles. The lowest BCUT2D eigenvalue weighted by atomic mass is 10.2. The zero-order valence-corrected chi connectivity index (χ0v) is 11.1. The van der Waals surface area contributed by atoms with Gasteiger partial charge in [-0.2, -0.15) is 5.10 Å². The number of hydrogen-bond acceptors (Lipinski definition) is 4. The molecule has 104 valence electrons. The van der Waals surface area contributed by atoms with E-state index in [4.69, 9.17) is 5.11 Å². The molecule has 2 aromatic rings. The maximum atomic E-state index is 11.9. The summed E-state index contributed by atoms with van der Waals surface area (Å²) in [6, 6.07) is 4.57. The average Bonchev–Trinajstić information content (AvgIpc) is 2.81. The van der Waals surface area contributed by atoms with E-state index in [1.54, 1.807) is 30.9 Å². The highest BCUT2D eigenvalue weighted by Gasteiger charge is 2.13.